The van der Waals surface area contributed by atoms with Crippen molar-refractivity contribution in [3.8, 4) is 0 Å². The molecule has 0 radical (unpaired) electrons. The summed E-state index contributed by atoms with van der Waals surface area (Å²) in [6.07, 6.45) is 12.3. The van der Waals surface area contributed by atoms with E-state index in [0.717, 1.165) is 37.8 Å². The quantitative estimate of drug-likeness (QED) is 0.845. The summed E-state index contributed by atoms with van der Waals surface area (Å²) in [4.78, 5) is 17.3. The third-order valence-corrected chi connectivity index (χ3v) is 6.28. The van der Waals surface area contributed by atoms with Gasteiger partial charge in [-0.25, -0.2) is 0 Å². The maximum atomic E-state index is 12.3. The summed E-state index contributed by atoms with van der Waals surface area (Å²) in [5.41, 5.74) is 0. The molecule has 1 N–H and O–H groups in total. The van der Waals surface area contributed by atoms with E-state index in [9.17, 15) is 4.79 Å². The zero-order valence-electron chi connectivity index (χ0n) is 14.9. The Morgan fingerprint density at radius 1 is 1.00 bits per heavy atom. The molecule has 4 heteroatoms. The van der Waals surface area contributed by atoms with Crippen LogP contribution in [0.2, 0.25) is 0 Å². The molecule has 0 aromatic carbocycles. The predicted octanol–water partition coefficient (Wildman–Crippen LogP) is 2.63. The molecule has 23 heavy (non-hydrogen) atoms. The van der Waals surface area contributed by atoms with Crippen LogP contribution in [0.15, 0.2) is 0 Å². The molecule has 0 spiro atoms. The molecule has 1 atom stereocenters. The van der Waals surface area contributed by atoms with E-state index in [0.29, 0.717) is 11.9 Å². The Morgan fingerprint density at radius 3 is 2.48 bits per heavy atom. The van der Waals surface area contributed by atoms with Gasteiger partial charge in [-0.05, 0) is 64.7 Å². The van der Waals surface area contributed by atoms with Crippen molar-refractivity contribution < 1.29 is 4.79 Å². The summed E-state index contributed by atoms with van der Waals surface area (Å²) < 4.78 is 0. The first-order valence-electron chi connectivity index (χ1n) is 9.92. The summed E-state index contributed by atoms with van der Waals surface area (Å²) >= 11 is 0. The second-order valence-electron chi connectivity index (χ2n) is 8.13. The first-order valence-corrected chi connectivity index (χ1v) is 9.92. The van der Waals surface area contributed by atoms with Gasteiger partial charge in [-0.1, -0.05) is 25.7 Å². The smallest absolute Gasteiger partial charge is 0.220 e. The second-order valence-corrected chi connectivity index (χ2v) is 8.13. The minimum Gasteiger partial charge on any atom is -0.352 e. The molecule has 1 saturated carbocycles. The molecular weight excluding hydrogens is 286 g/mol. The molecule has 1 unspecified atom stereocenters. The maximum Gasteiger partial charge on any atom is 0.220 e. The molecule has 2 heterocycles. The topological polar surface area (TPSA) is 35.6 Å². The summed E-state index contributed by atoms with van der Waals surface area (Å²) in [5.74, 6) is 1.12. The van der Waals surface area contributed by atoms with Crippen LogP contribution in [0, 0.1) is 5.92 Å². The molecule has 1 amide bonds. The number of nitrogens with zero attached hydrogens (tertiary/aromatic N) is 2. The second kappa shape index (κ2) is 8.48. The Morgan fingerprint density at radius 2 is 1.74 bits per heavy atom. The van der Waals surface area contributed by atoms with E-state index in [1.807, 2.05) is 0 Å². The van der Waals surface area contributed by atoms with E-state index in [1.165, 1.54) is 64.6 Å². The minimum absolute atomic E-state index is 0.298. The number of carbonyl (C=O) groups excluding carboxylic acids is 1. The number of amides is 1. The van der Waals surface area contributed by atoms with Crippen LogP contribution in [0.5, 0.6) is 0 Å². The van der Waals surface area contributed by atoms with E-state index >= 15 is 0 Å². The number of rotatable bonds is 5. The fraction of sp³-hybridized carbons (Fsp3) is 0.947. The molecule has 1 aliphatic carbocycles. The van der Waals surface area contributed by atoms with Gasteiger partial charge >= 0.3 is 0 Å². The summed E-state index contributed by atoms with van der Waals surface area (Å²) in [5, 5.41) is 3.33. The van der Waals surface area contributed by atoms with Crippen molar-refractivity contribution in [3.63, 3.8) is 0 Å². The summed E-state index contributed by atoms with van der Waals surface area (Å²) in [6, 6.07) is 1.13. The first-order chi connectivity index (χ1) is 11.2. The van der Waals surface area contributed by atoms with Crippen molar-refractivity contribution in [2.24, 2.45) is 5.92 Å². The fourth-order valence-corrected chi connectivity index (χ4v) is 4.75. The van der Waals surface area contributed by atoms with E-state index < -0.39 is 0 Å². The van der Waals surface area contributed by atoms with Crippen molar-refractivity contribution in [2.45, 2.75) is 76.3 Å². The monoisotopic (exact) mass is 321 g/mol. The predicted molar refractivity (Wildman–Crippen MR) is 94.4 cm³/mol. The van der Waals surface area contributed by atoms with Gasteiger partial charge in [0.25, 0.3) is 0 Å². The number of hydrogen-bond donors (Lipinski definition) is 1. The van der Waals surface area contributed by atoms with Crippen LogP contribution >= 0.6 is 0 Å². The van der Waals surface area contributed by atoms with Crippen LogP contribution in [0.4, 0.5) is 0 Å². The average Bonchev–Trinajstić information content (AvgIpc) is 3.07. The van der Waals surface area contributed by atoms with Crippen LogP contribution in [0.25, 0.3) is 0 Å². The first kappa shape index (κ1) is 17.2. The summed E-state index contributed by atoms with van der Waals surface area (Å²) in [7, 11) is 2.22. The SMILES string of the molecule is CN1CCC(N2CCCC(NC(=O)CCC3CCCC3)C2)CC1. The number of piperidine rings is 2. The molecule has 2 aliphatic heterocycles. The maximum absolute atomic E-state index is 12.3. The van der Waals surface area contributed by atoms with Gasteiger partial charge in [0.05, 0.1) is 0 Å². The van der Waals surface area contributed by atoms with Crippen molar-refractivity contribution in [3.05, 3.63) is 0 Å². The Balaban J connectivity index is 1.38. The highest BCUT2D eigenvalue weighted by molar-refractivity contribution is 5.76. The van der Waals surface area contributed by atoms with E-state index in [-0.39, 0.29) is 0 Å². The molecule has 4 nitrogen and oxygen atoms in total. The highest BCUT2D eigenvalue weighted by Crippen LogP contribution is 2.28. The van der Waals surface area contributed by atoms with Gasteiger partial charge in [0.15, 0.2) is 0 Å². The largest absolute Gasteiger partial charge is 0.352 e. The molecule has 0 bridgehead atoms. The van der Waals surface area contributed by atoms with Crippen LogP contribution in [-0.4, -0.2) is 61.0 Å². The van der Waals surface area contributed by atoms with Crippen LogP contribution in [0.3, 0.4) is 0 Å². The Hall–Kier alpha value is -0.610. The molecule has 3 fully saturated rings. The molecule has 0 aromatic heterocycles. The molecule has 3 aliphatic rings. The van der Waals surface area contributed by atoms with Gasteiger partial charge in [-0.15, -0.1) is 0 Å². The lowest BCUT2D eigenvalue weighted by Gasteiger charge is -2.41. The highest BCUT2D eigenvalue weighted by atomic mass is 16.1. The minimum atomic E-state index is 0.298. The van der Waals surface area contributed by atoms with Crippen molar-refractivity contribution in [2.75, 3.05) is 33.2 Å². The number of carbonyl (C=O) groups is 1. The zero-order valence-corrected chi connectivity index (χ0v) is 14.9. The number of hydrogen-bond acceptors (Lipinski definition) is 3. The molecule has 0 aromatic rings. The van der Waals surface area contributed by atoms with Crippen molar-refractivity contribution >= 4 is 5.91 Å². The van der Waals surface area contributed by atoms with Gasteiger partial charge in [-0.2, -0.15) is 0 Å². The van der Waals surface area contributed by atoms with Gasteiger partial charge < -0.3 is 10.2 Å². The van der Waals surface area contributed by atoms with E-state index in [2.05, 4.69) is 22.2 Å². The van der Waals surface area contributed by atoms with Crippen molar-refractivity contribution in [1.82, 2.24) is 15.1 Å². The van der Waals surface area contributed by atoms with Gasteiger partial charge in [0.1, 0.15) is 0 Å². The number of likely N-dealkylation sites (tertiary alicyclic amines) is 2. The lowest BCUT2D eigenvalue weighted by Crippen LogP contribution is -2.53. The highest BCUT2D eigenvalue weighted by Gasteiger charge is 2.28. The lowest BCUT2D eigenvalue weighted by molar-refractivity contribution is -0.122. The fourth-order valence-electron chi connectivity index (χ4n) is 4.75. The molecule has 3 rings (SSSR count). The lowest BCUT2D eigenvalue weighted by atomic mass is 9.97. The Labute approximate surface area is 142 Å². The molecule has 2 saturated heterocycles. The van der Waals surface area contributed by atoms with E-state index in [4.69, 9.17) is 0 Å². The van der Waals surface area contributed by atoms with E-state index in [1.54, 1.807) is 0 Å². The van der Waals surface area contributed by atoms with Crippen molar-refractivity contribution in [1.29, 1.82) is 0 Å². The Bertz CT molecular complexity index is 373. The normalized spacial score (nSPS) is 29.0. The third-order valence-electron chi connectivity index (χ3n) is 6.28. The molecular formula is C19H35N3O. The Kier molecular flexibility index (Phi) is 6.35. The number of nitrogens with one attached hydrogen (secondary N) is 1. The summed E-state index contributed by atoms with van der Waals surface area (Å²) in [6.45, 7) is 4.74. The van der Waals surface area contributed by atoms with Crippen LogP contribution in [0.1, 0.15) is 64.2 Å². The molecule has 132 valence electrons. The van der Waals surface area contributed by atoms with Crippen LogP contribution < -0.4 is 5.32 Å². The third kappa shape index (κ3) is 5.18. The average molecular weight is 322 g/mol. The van der Waals surface area contributed by atoms with Gasteiger partial charge in [-0.3, -0.25) is 9.69 Å². The standard InChI is InChI=1S/C19H35N3O/c1-21-13-10-18(11-14-21)22-12-4-7-17(15-22)20-19(23)9-8-16-5-2-3-6-16/h16-18H,2-15H2,1H3,(H,20,23). The van der Waals surface area contributed by atoms with Gasteiger partial charge in [0.2, 0.25) is 5.91 Å². The zero-order chi connectivity index (χ0) is 16.1. The van der Waals surface area contributed by atoms with Gasteiger partial charge in [0, 0.05) is 25.0 Å². The van der Waals surface area contributed by atoms with Crippen LogP contribution in [-0.2, 0) is 4.79 Å².